The lowest BCUT2D eigenvalue weighted by atomic mass is 9.66. The molecule has 0 saturated heterocycles. The SMILES string of the molecule is COc1cccc(OC)c1C(=O)C1CCCCC1(C)C. The van der Waals surface area contributed by atoms with Crippen molar-refractivity contribution in [3.63, 3.8) is 0 Å². The summed E-state index contributed by atoms with van der Waals surface area (Å²) in [5, 5.41) is 0. The second-order valence-corrected chi connectivity index (χ2v) is 6.19. The summed E-state index contributed by atoms with van der Waals surface area (Å²) >= 11 is 0. The van der Waals surface area contributed by atoms with Crippen molar-refractivity contribution in [3.05, 3.63) is 23.8 Å². The smallest absolute Gasteiger partial charge is 0.173 e. The molecular weight excluding hydrogens is 252 g/mol. The first-order chi connectivity index (χ1) is 9.51. The van der Waals surface area contributed by atoms with Gasteiger partial charge in [0, 0.05) is 5.92 Å². The van der Waals surface area contributed by atoms with Crippen LogP contribution in [0.25, 0.3) is 0 Å². The van der Waals surface area contributed by atoms with E-state index in [-0.39, 0.29) is 17.1 Å². The fourth-order valence-electron chi connectivity index (χ4n) is 3.25. The Hall–Kier alpha value is -1.51. The zero-order chi connectivity index (χ0) is 14.8. The average Bonchev–Trinajstić information content (AvgIpc) is 2.45. The molecular formula is C17H24O3. The van der Waals surface area contributed by atoms with Crippen molar-refractivity contribution < 1.29 is 14.3 Å². The zero-order valence-corrected chi connectivity index (χ0v) is 12.9. The topological polar surface area (TPSA) is 35.5 Å². The minimum Gasteiger partial charge on any atom is -0.496 e. The highest BCUT2D eigenvalue weighted by molar-refractivity contribution is 6.03. The molecule has 0 aliphatic heterocycles. The van der Waals surface area contributed by atoms with E-state index in [1.807, 2.05) is 18.2 Å². The maximum Gasteiger partial charge on any atom is 0.173 e. The molecule has 0 bridgehead atoms. The Bertz CT molecular complexity index is 469. The van der Waals surface area contributed by atoms with Crippen LogP contribution in [0.5, 0.6) is 11.5 Å². The Kier molecular flexibility index (Phi) is 4.36. The molecule has 1 fully saturated rings. The lowest BCUT2D eigenvalue weighted by Crippen LogP contribution is -2.34. The summed E-state index contributed by atoms with van der Waals surface area (Å²) in [5.41, 5.74) is 0.638. The van der Waals surface area contributed by atoms with Crippen molar-refractivity contribution in [2.45, 2.75) is 39.5 Å². The summed E-state index contributed by atoms with van der Waals surface area (Å²) in [6, 6.07) is 5.50. The van der Waals surface area contributed by atoms with Crippen LogP contribution in [0.2, 0.25) is 0 Å². The Morgan fingerprint density at radius 2 is 1.75 bits per heavy atom. The van der Waals surface area contributed by atoms with E-state index in [2.05, 4.69) is 13.8 Å². The molecule has 1 unspecified atom stereocenters. The minimum atomic E-state index is 0.0429. The molecule has 1 atom stereocenters. The Labute approximate surface area is 121 Å². The number of benzene rings is 1. The van der Waals surface area contributed by atoms with E-state index in [9.17, 15) is 4.79 Å². The Balaban J connectivity index is 2.42. The largest absolute Gasteiger partial charge is 0.496 e. The van der Waals surface area contributed by atoms with Crippen LogP contribution in [0.1, 0.15) is 49.9 Å². The predicted octanol–water partition coefficient (Wildman–Crippen LogP) is 4.10. The van der Waals surface area contributed by atoms with Crippen molar-refractivity contribution in [1.82, 2.24) is 0 Å². The molecule has 3 heteroatoms. The zero-order valence-electron chi connectivity index (χ0n) is 12.9. The van der Waals surface area contributed by atoms with Gasteiger partial charge in [0.2, 0.25) is 0 Å². The summed E-state index contributed by atoms with van der Waals surface area (Å²) in [6.45, 7) is 4.38. The van der Waals surface area contributed by atoms with E-state index in [1.54, 1.807) is 14.2 Å². The van der Waals surface area contributed by atoms with Crippen LogP contribution in [-0.2, 0) is 0 Å². The molecule has 3 nitrogen and oxygen atoms in total. The molecule has 0 N–H and O–H groups in total. The summed E-state index contributed by atoms with van der Waals surface area (Å²) in [4.78, 5) is 13.0. The van der Waals surface area contributed by atoms with Gasteiger partial charge in [-0.1, -0.05) is 32.8 Å². The number of carbonyl (C=O) groups is 1. The van der Waals surface area contributed by atoms with Crippen LogP contribution in [0.15, 0.2) is 18.2 Å². The normalized spacial score (nSPS) is 21.3. The molecule has 20 heavy (non-hydrogen) atoms. The average molecular weight is 276 g/mol. The number of rotatable bonds is 4. The van der Waals surface area contributed by atoms with Crippen LogP contribution < -0.4 is 9.47 Å². The number of Topliss-reactive ketones (excluding diaryl/α,β-unsaturated/α-hetero) is 1. The highest BCUT2D eigenvalue weighted by Gasteiger charge is 2.39. The number of hydrogen-bond acceptors (Lipinski definition) is 3. The summed E-state index contributed by atoms with van der Waals surface area (Å²) < 4.78 is 10.7. The van der Waals surface area contributed by atoms with Crippen LogP contribution in [0.3, 0.4) is 0 Å². The van der Waals surface area contributed by atoms with Crippen LogP contribution >= 0.6 is 0 Å². The third-order valence-electron chi connectivity index (χ3n) is 4.50. The van der Waals surface area contributed by atoms with Gasteiger partial charge in [-0.2, -0.15) is 0 Å². The molecule has 1 aliphatic carbocycles. The number of carbonyl (C=O) groups excluding carboxylic acids is 1. The number of ketones is 1. The third kappa shape index (κ3) is 2.67. The Morgan fingerprint density at radius 3 is 2.25 bits per heavy atom. The van der Waals surface area contributed by atoms with Crippen molar-refractivity contribution >= 4 is 5.78 Å². The number of methoxy groups -OCH3 is 2. The van der Waals surface area contributed by atoms with Gasteiger partial charge in [0.15, 0.2) is 5.78 Å². The second-order valence-electron chi connectivity index (χ2n) is 6.19. The van der Waals surface area contributed by atoms with E-state index < -0.39 is 0 Å². The highest BCUT2D eigenvalue weighted by atomic mass is 16.5. The molecule has 0 aromatic heterocycles. The fourth-order valence-corrected chi connectivity index (χ4v) is 3.25. The van der Waals surface area contributed by atoms with Gasteiger partial charge in [-0.3, -0.25) is 4.79 Å². The van der Waals surface area contributed by atoms with Crippen LogP contribution in [0, 0.1) is 11.3 Å². The van der Waals surface area contributed by atoms with Gasteiger partial charge in [-0.05, 0) is 30.4 Å². The van der Waals surface area contributed by atoms with Crippen molar-refractivity contribution in [2.75, 3.05) is 14.2 Å². The lowest BCUT2D eigenvalue weighted by molar-refractivity contribution is 0.0691. The molecule has 1 aromatic carbocycles. The van der Waals surface area contributed by atoms with Gasteiger partial charge in [0.25, 0.3) is 0 Å². The predicted molar refractivity (Wildman–Crippen MR) is 79.6 cm³/mol. The van der Waals surface area contributed by atoms with Gasteiger partial charge in [0.05, 0.1) is 14.2 Å². The highest BCUT2D eigenvalue weighted by Crippen LogP contribution is 2.44. The van der Waals surface area contributed by atoms with E-state index >= 15 is 0 Å². The molecule has 0 radical (unpaired) electrons. The molecule has 2 rings (SSSR count). The van der Waals surface area contributed by atoms with Crippen LogP contribution in [0.4, 0.5) is 0 Å². The van der Waals surface area contributed by atoms with Gasteiger partial charge >= 0.3 is 0 Å². The molecule has 1 saturated carbocycles. The number of ether oxygens (including phenoxy) is 2. The molecule has 0 heterocycles. The molecule has 0 amide bonds. The third-order valence-corrected chi connectivity index (χ3v) is 4.50. The van der Waals surface area contributed by atoms with Gasteiger partial charge in [0.1, 0.15) is 17.1 Å². The Morgan fingerprint density at radius 1 is 1.15 bits per heavy atom. The van der Waals surface area contributed by atoms with E-state index in [0.29, 0.717) is 17.1 Å². The van der Waals surface area contributed by atoms with E-state index in [1.165, 1.54) is 6.42 Å². The van der Waals surface area contributed by atoms with Gasteiger partial charge in [-0.15, -0.1) is 0 Å². The molecule has 110 valence electrons. The summed E-state index contributed by atoms with van der Waals surface area (Å²) in [7, 11) is 3.19. The van der Waals surface area contributed by atoms with Crippen molar-refractivity contribution in [2.24, 2.45) is 11.3 Å². The summed E-state index contributed by atoms with van der Waals surface area (Å²) in [5.74, 6) is 1.41. The number of hydrogen-bond donors (Lipinski definition) is 0. The quantitative estimate of drug-likeness (QED) is 0.777. The lowest BCUT2D eigenvalue weighted by Gasteiger charge is -2.37. The minimum absolute atomic E-state index is 0.0429. The summed E-state index contributed by atoms with van der Waals surface area (Å²) in [6.07, 6.45) is 4.38. The first-order valence-corrected chi connectivity index (χ1v) is 7.26. The maximum atomic E-state index is 13.0. The van der Waals surface area contributed by atoms with Gasteiger partial charge < -0.3 is 9.47 Å². The van der Waals surface area contributed by atoms with Gasteiger partial charge in [-0.25, -0.2) is 0 Å². The first kappa shape index (κ1) is 14.9. The monoisotopic (exact) mass is 276 g/mol. The molecule has 1 aliphatic rings. The maximum absolute atomic E-state index is 13.0. The molecule has 0 spiro atoms. The van der Waals surface area contributed by atoms with Crippen LogP contribution in [-0.4, -0.2) is 20.0 Å². The van der Waals surface area contributed by atoms with Crippen molar-refractivity contribution in [3.8, 4) is 11.5 Å². The fraction of sp³-hybridized carbons (Fsp3) is 0.588. The second kappa shape index (κ2) is 5.86. The van der Waals surface area contributed by atoms with Crippen molar-refractivity contribution in [1.29, 1.82) is 0 Å². The standard InChI is InChI=1S/C17H24O3/c1-17(2)11-6-5-8-12(17)16(18)15-13(19-3)9-7-10-14(15)20-4/h7,9-10,12H,5-6,8,11H2,1-4H3. The first-order valence-electron chi connectivity index (χ1n) is 7.26. The van der Waals surface area contributed by atoms with E-state index in [4.69, 9.17) is 9.47 Å². The molecule has 1 aromatic rings. The van der Waals surface area contributed by atoms with E-state index in [0.717, 1.165) is 19.3 Å².